The van der Waals surface area contributed by atoms with Gasteiger partial charge in [-0.25, -0.2) is 9.48 Å². The number of pyridine rings is 1. The van der Waals surface area contributed by atoms with Gasteiger partial charge in [0, 0.05) is 6.20 Å². The molecule has 6 nitrogen and oxygen atoms in total. The maximum atomic E-state index is 11.9. The van der Waals surface area contributed by atoms with Crippen LogP contribution in [-0.2, 0) is 4.74 Å². The normalized spacial score (nSPS) is 13.0. The molecule has 0 aliphatic heterocycles. The first-order valence-electron chi connectivity index (χ1n) is 5.47. The number of carbonyl (C=O) groups excluding carboxylic acids is 1. The van der Waals surface area contributed by atoms with Crippen molar-refractivity contribution in [1.82, 2.24) is 20.0 Å². The summed E-state index contributed by atoms with van der Waals surface area (Å²) in [5.41, 5.74) is 0.789. The lowest BCUT2D eigenvalue weighted by Gasteiger charge is -2.20. The zero-order valence-electron chi connectivity index (χ0n) is 10.2. The lowest BCUT2D eigenvalue weighted by molar-refractivity contribution is 0.0348. The van der Waals surface area contributed by atoms with Gasteiger partial charge in [0.15, 0.2) is 0 Å². The number of rotatable bonds is 3. The van der Waals surface area contributed by atoms with Crippen molar-refractivity contribution >= 4 is 40.8 Å². The van der Waals surface area contributed by atoms with E-state index in [0.717, 1.165) is 0 Å². The Morgan fingerprint density at radius 3 is 2.75 bits per heavy atom. The molecule has 0 bridgehead atoms. The maximum absolute atomic E-state index is 11.9. The highest BCUT2D eigenvalue weighted by atomic mass is 35.6. The third-order valence-corrected chi connectivity index (χ3v) is 3.31. The van der Waals surface area contributed by atoms with Gasteiger partial charge in [-0.05, 0) is 13.0 Å². The van der Waals surface area contributed by atoms with Crippen LogP contribution in [0.4, 0.5) is 0 Å². The minimum absolute atomic E-state index is 0.221. The Hall–Kier alpha value is -1.37. The second kappa shape index (κ2) is 5.95. The number of hydrogen-bond acceptors (Lipinski definition) is 5. The Balaban J connectivity index is 2.17. The number of aromatic nitrogens is 4. The molecule has 0 fully saturated rings. The minimum Gasteiger partial charge on any atom is -0.454 e. The molecule has 0 amide bonds. The fraction of sp³-hybridized carbons (Fsp3) is 0.273. The minimum atomic E-state index is -1.69. The molecule has 0 radical (unpaired) electrons. The van der Waals surface area contributed by atoms with Gasteiger partial charge in [0.25, 0.3) is 0 Å². The summed E-state index contributed by atoms with van der Waals surface area (Å²) < 4.78 is 4.83. The molecule has 9 heteroatoms. The molecule has 2 rings (SSSR count). The number of halogens is 3. The summed E-state index contributed by atoms with van der Waals surface area (Å²) in [7, 11) is 0. The molecule has 0 N–H and O–H groups in total. The quantitative estimate of drug-likeness (QED) is 0.637. The Kier molecular flexibility index (Phi) is 4.47. The van der Waals surface area contributed by atoms with E-state index >= 15 is 0 Å². The molecule has 0 saturated carbocycles. The Morgan fingerprint density at radius 2 is 2.15 bits per heavy atom. The summed E-state index contributed by atoms with van der Waals surface area (Å²) in [6, 6.07) is 1.55. The van der Waals surface area contributed by atoms with E-state index in [1.165, 1.54) is 30.2 Å². The fourth-order valence-electron chi connectivity index (χ4n) is 1.31. The van der Waals surface area contributed by atoms with Gasteiger partial charge < -0.3 is 4.74 Å². The highest BCUT2D eigenvalue weighted by Crippen LogP contribution is 2.32. The summed E-state index contributed by atoms with van der Waals surface area (Å²) in [5.74, 6) is -0.640. The lowest BCUT2D eigenvalue weighted by Crippen LogP contribution is -2.28. The van der Waals surface area contributed by atoms with Gasteiger partial charge in [-0.2, -0.15) is 0 Å². The van der Waals surface area contributed by atoms with Gasteiger partial charge >= 0.3 is 5.97 Å². The van der Waals surface area contributed by atoms with Crippen LogP contribution >= 0.6 is 34.8 Å². The van der Waals surface area contributed by atoms with Crippen LogP contribution in [0.3, 0.4) is 0 Å². The first-order valence-corrected chi connectivity index (χ1v) is 6.61. The van der Waals surface area contributed by atoms with E-state index in [1.807, 2.05) is 0 Å². The average molecular weight is 336 g/mol. The molecule has 0 aliphatic rings. The van der Waals surface area contributed by atoms with Crippen LogP contribution in [0.2, 0.25) is 0 Å². The number of esters is 1. The van der Waals surface area contributed by atoms with Crippen molar-refractivity contribution in [1.29, 1.82) is 0 Å². The van der Waals surface area contributed by atoms with Crippen LogP contribution < -0.4 is 0 Å². The SMILES string of the molecule is C[C@H](OC(=O)c1cncc(-n2ccnn2)c1)C(Cl)(Cl)Cl. The summed E-state index contributed by atoms with van der Waals surface area (Å²) in [5, 5.41) is 7.47. The standard InChI is InChI=1S/C11H9Cl3N4O2/c1-7(11(12,13)14)20-10(19)8-4-9(6-15-5-8)18-3-2-16-17-18/h2-7H,1H3/t7-/m0/s1. The van der Waals surface area contributed by atoms with E-state index in [0.29, 0.717) is 5.69 Å². The molecule has 2 aromatic rings. The Bertz CT molecular complexity index is 598. The molecule has 0 aromatic carbocycles. The molecule has 20 heavy (non-hydrogen) atoms. The highest BCUT2D eigenvalue weighted by molar-refractivity contribution is 6.68. The molecule has 1 atom stereocenters. The Morgan fingerprint density at radius 1 is 1.40 bits per heavy atom. The molecule has 0 aliphatic carbocycles. The van der Waals surface area contributed by atoms with Crippen molar-refractivity contribution in [3.63, 3.8) is 0 Å². The van der Waals surface area contributed by atoms with Gasteiger partial charge in [-0.3, -0.25) is 4.98 Å². The van der Waals surface area contributed by atoms with Gasteiger partial charge in [-0.1, -0.05) is 40.0 Å². The predicted octanol–water partition coefficient (Wildman–Crippen LogP) is 2.58. The van der Waals surface area contributed by atoms with E-state index < -0.39 is 15.9 Å². The van der Waals surface area contributed by atoms with Gasteiger partial charge in [0.05, 0.1) is 29.8 Å². The van der Waals surface area contributed by atoms with E-state index in [1.54, 1.807) is 12.3 Å². The van der Waals surface area contributed by atoms with E-state index in [2.05, 4.69) is 15.3 Å². The fourth-order valence-corrected chi connectivity index (χ4v) is 1.44. The molecule has 0 unspecified atom stereocenters. The largest absolute Gasteiger partial charge is 0.454 e. The second-order valence-electron chi connectivity index (χ2n) is 3.87. The number of carbonyl (C=O) groups is 1. The van der Waals surface area contributed by atoms with Crippen molar-refractivity contribution in [2.75, 3.05) is 0 Å². The summed E-state index contributed by atoms with van der Waals surface area (Å²) >= 11 is 16.9. The van der Waals surface area contributed by atoms with Crippen molar-refractivity contribution < 1.29 is 9.53 Å². The molecule has 0 spiro atoms. The summed E-state index contributed by atoms with van der Waals surface area (Å²) in [6.07, 6.45) is 5.12. The van der Waals surface area contributed by atoms with Gasteiger partial charge in [-0.15, -0.1) is 5.10 Å². The maximum Gasteiger partial charge on any atom is 0.340 e. The number of nitrogens with zero attached hydrogens (tertiary/aromatic N) is 4. The van der Waals surface area contributed by atoms with Crippen molar-refractivity contribution in [2.24, 2.45) is 0 Å². The van der Waals surface area contributed by atoms with E-state index in [4.69, 9.17) is 39.5 Å². The molecule has 106 valence electrons. The van der Waals surface area contributed by atoms with Crippen LogP contribution in [0, 0.1) is 0 Å². The van der Waals surface area contributed by atoms with E-state index in [9.17, 15) is 4.79 Å². The molecule has 0 saturated heterocycles. The number of alkyl halides is 3. The second-order valence-corrected chi connectivity index (χ2v) is 6.24. The number of ether oxygens (including phenoxy) is 1. The van der Waals surface area contributed by atoms with Crippen LogP contribution in [0.25, 0.3) is 5.69 Å². The van der Waals surface area contributed by atoms with Crippen LogP contribution in [0.1, 0.15) is 17.3 Å². The smallest absolute Gasteiger partial charge is 0.340 e. The predicted molar refractivity (Wildman–Crippen MR) is 74.3 cm³/mol. The van der Waals surface area contributed by atoms with Crippen molar-refractivity contribution in [3.8, 4) is 5.69 Å². The topological polar surface area (TPSA) is 69.9 Å². The average Bonchev–Trinajstić information content (AvgIpc) is 2.91. The summed E-state index contributed by atoms with van der Waals surface area (Å²) in [4.78, 5) is 15.9. The Labute approximate surface area is 129 Å². The van der Waals surface area contributed by atoms with Crippen molar-refractivity contribution in [2.45, 2.75) is 16.8 Å². The van der Waals surface area contributed by atoms with Crippen LogP contribution in [0.15, 0.2) is 30.9 Å². The monoisotopic (exact) mass is 334 g/mol. The van der Waals surface area contributed by atoms with Gasteiger partial charge in [0.2, 0.25) is 3.79 Å². The van der Waals surface area contributed by atoms with Gasteiger partial charge in [0.1, 0.15) is 6.10 Å². The van der Waals surface area contributed by atoms with Crippen LogP contribution in [-0.4, -0.2) is 35.8 Å². The van der Waals surface area contributed by atoms with Crippen LogP contribution in [0.5, 0.6) is 0 Å². The molecule has 2 heterocycles. The zero-order chi connectivity index (χ0) is 14.8. The first-order chi connectivity index (χ1) is 9.38. The first kappa shape index (κ1) is 15.0. The highest BCUT2D eigenvalue weighted by Gasteiger charge is 2.32. The number of hydrogen-bond donors (Lipinski definition) is 0. The van der Waals surface area contributed by atoms with Crippen molar-refractivity contribution in [3.05, 3.63) is 36.4 Å². The third kappa shape index (κ3) is 3.59. The lowest BCUT2D eigenvalue weighted by atomic mass is 10.2. The summed E-state index contributed by atoms with van der Waals surface area (Å²) in [6.45, 7) is 1.49. The molecule has 2 aromatic heterocycles. The zero-order valence-corrected chi connectivity index (χ0v) is 12.5. The third-order valence-electron chi connectivity index (χ3n) is 2.39. The van der Waals surface area contributed by atoms with E-state index in [-0.39, 0.29) is 5.56 Å². The molecular formula is C11H9Cl3N4O2. The molecular weight excluding hydrogens is 327 g/mol.